The zero-order valence-electron chi connectivity index (χ0n) is 14.9. The maximum absolute atomic E-state index is 12.2. The Balaban J connectivity index is 2.25. The Labute approximate surface area is 162 Å². The lowest BCUT2D eigenvalue weighted by Gasteiger charge is -2.26. The molecule has 8 nitrogen and oxygen atoms in total. The van der Waals surface area contributed by atoms with E-state index >= 15 is 0 Å². The number of nitrogens with zero attached hydrogens (tertiary/aromatic N) is 1. The van der Waals surface area contributed by atoms with Gasteiger partial charge in [-0.25, -0.2) is 18.7 Å². The number of sulfone groups is 1. The fourth-order valence-corrected chi connectivity index (χ4v) is 3.80. The summed E-state index contributed by atoms with van der Waals surface area (Å²) in [6, 6.07) is 4.86. The van der Waals surface area contributed by atoms with Crippen LogP contribution in [0.2, 0.25) is 5.02 Å². The van der Waals surface area contributed by atoms with Crippen LogP contribution in [-0.4, -0.2) is 49.3 Å². The van der Waals surface area contributed by atoms with E-state index in [0.717, 1.165) is 6.26 Å². The summed E-state index contributed by atoms with van der Waals surface area (Å²) >= 11 is 6.16. The Morgan fingerprint density at radius 3 is 2.70 bits per heavy atom. The molecule has 2 amide bonds. The summed E-state index contributed by atoms with van der Waals surface area (Å²) in [5, 5.41) is 9.24. The molecule has 2 atom stereocenters. The predicted octanol–water partition coefficient (Wildman–Crippen LogP) is 1.74. The average Bonchev–Trinajstić information content (AvgIpc) is 2.95. The number of nitrogens with one attached hydrogen (secondary N) is 1. The number of carbonyl (C=O) groups is 2. The van der Waals surface area contributed by atoms with Crippen LogP contribution in [0, 0.1) is 11.8 Å². The number of hydroxylamine groups is 1. The second-order valence-electron chi connectivity index (χ2n) is 6.30. The fraction of sp³-hybridized carbons (Fsp3) is 0.412. The first-order chi connectivity index (χ1) is 12.5. The van der Waals surface area contributed by atoms with Gasteiger partial charge < -0.3 is 4.74 Å². The van der Waals surface area contributed by atoms with Gasteiger partial charge in [0.05, 0.1) is 11.6 Å². The van der Waals surface area contributed by atoms with Crippen molar-refractivity contribution in [1.82, 2.24) is 5.48 Å². The van der Waals surface area contributed by atoms with Crippen LogP contribution in [0.4, 0.5) is 10.5 Å². The van der Waals surface area contributed by atoms with Crippen LogP contribution in [0.25, 0.3) is 0 Å². The number of benzene rings is 1. The molecule has 146 valence electrons. The summed E-state index contributed by atoms with van der Waals surface area (Å²) in [6.07, 6.45) is -0.994. The third-order valence-electron chi connectivity index (χ3n) is 4.42. The number of hydrogen-bond donors (Lipinski definition) is 2. The van der Waals surface area contributed by atoms with E-state index in [2.05, 4.69) is 11.8 Å². The molecule has 2 rings (SSSR count). The van der Waals surface area contributed by atoms with Crippen molar-refractivity contribution in [3.8, 4) is 11.8 Å². The van der Waals surface area contributed by atoms with Gasteiger partial charge in [0.1, 0.15) is 6.10 Å². The van der Waals surface area contributed by atoms with E-state index in [1.54, 1.807) is 25.1 Å². The van der Waals surface area contributed by atoms with Crippen LogP contribution in [-0.2, 0) is 19.4 Å². The molecular formula is C17H19ClN2O6S. The van der Waals surface area contributed by atoms with Crippen LogP contribution >= 0.6 is 11.6 Å². The number of rotatable bonds is 5. The van der Waals surface area contributed by atoms with Crippen molar-refractivity contribution in [2.75, 3.05) is 17.7 Å². The number of carbonyl (C=O) groups excluding carboxylic acids is 2. The third-order valence-corrected chi connectivity index (χ3v) is 6.72. The van der Waals surface area contributed by atoms with E-state index in [1.807, 2.05) is 0 Å². The van der Waals surface area contributed by atoms with Gasteiger partial charge in [-0.15, -0.1) is 5.92 Å². The smallest absolute Gasteiger partial charge is 0.414 e. The van der Waals surface area contributed by atoms with Gasteiger partial charge in [0, 0.05) is 23.9 Å². The van der Waals surface area contributed by atoms with Gasteiger partial charge in [-0.1, -0.05) is 17.5 Å². The molecule has 10 heteroatoms. The fourth-order valence-electron chi connectivity index (χ4n) is 2.71. The second-order valence-corrected chi connectivity index (χ2v) is 9.16. The second kappa shape index (κ2) is 7.76. The van der Waals surface area contributed by atoms with Crippen molar-refractivity contribution < 1.29 is 28.0 Å². The molecular weight excluding hydrogens is 396 g/mol. The van der Waals surface area contributed by atoms with Gasteiger partial charge in [-0.3, -0.25) is 14.9 Å². The number of amides is 2. The Morgan fingerprint density at radius 2 is 2.19 bits per heavy atom. The highest BCUT2D eigenvalue weighted by molar-refractivity contribution is 7.92. The first kappa shape index (κ1) is 21.0. The van der Waals surface area contributed by atoms with Crippen LogP contribution in [0.15, 0.2) is 18.2 Å². The van der Waals surface area contributed by atoms with Crippen molar-refractivity contribution in [1.29, 1.82) is 0 Å². The van der Waals surface area contributed by atoms with E-state index in [4.69, 9.17) is 21.5 Å². The van der Waals surface area contributed by atoms with E-state index < -0.39 is 32.7 Å². The van der Waals surface area contributed by atoms with E-state index in [1.165, 1.54) is 17.3 Å². The zero-order chi connectivity index (χ0) is 20.4. The SMILES string of the molecule is CC#Cc1ccc(N2C[C@H](C[C@](C)(C(=O)NO)S(C)(=O)=O)OC2=O)cc1Cl. The van der Waals surface area contributed by atoms with E-state index in [0.29, 0.717) is 16.3 Å². The summed E-state index contributed by atoms with van der Waals surface area (Å²) in [5.41, 5.74) is 2.43. The Morgan fingerprint density at radius 1 is 1.52 bits per heavy atom. The molecule has 1 aliphatic heterocycles. The maximum atomic E-state index is 12.2. The Kier molecular flexibility index (Phi) is 6.04. The molecule has 0 bridgehead atoms. The maximum Gasteiger partial charge on any atom is 0.414 e. The molecule has 1 aromatic carbocycles. The van der Waals surface area contributed by atoms with Gasteiger partial charge in [-0.05, 0) is 32.0 Å². The predicted molar refractivity (Wildman–Crippen MR) is 99.4 cm³/mol. The number of cyclic esters (lactones) is 1. The molecule has 27 heavy (non-hydrogen) atoms. The molecule has 1 aliphatic rings. The van der Waals surface area contributed by atoms with E-state index in [9.17, 15) is 18.0 Å². The number of hydrogen-bond acceptors (Lipinski definition) is 6. The number of halogens is 1. The topological polar surface area (TPSA) is 113 Å². The molecule has 0 spiro atoms. The molecule has 1 fully saturated rings. The largest absolute Gasteiger partial charge is 0.444 e. The Hall–Kier alpha value is -2.28. The van der Waals surface area contributed by atoms with Gasteiger partial charge in [0.25, 0.3) is 5.91 Å². The van der Waals surface area contributed by atoms with Gasteiger partial charge in [-0.2, -0.15) is 0 Å². The van der Waals surface area contributed by atoms with E-state index in [-0.39, 0.29) is 13.0 Å². The minimum Gasteiger partial charge on any atom is -0.444 e. The van der Waals surface area contributed by atoms with Crippen LogP contribution in [0.1, 0.15) is 25.8 Å². The van der Waals surface area contributed by atoms with Crippen LogP contribution < -0.4 is 10.4 Å². The molecule has 1 saturated heterocycles. The first-order valence-corrected chi connectivity index (χ1v) is 10.1. The minimum atomic E-state index is -3.90. The molecule has 0 aliphatic carbocycles. The number of ether oxygens (including phenoxy) is 1. The molecule has 0 radical (unpaired) electrons. The highest BCUT2D eigenvalue weighted by atomic mass is 35.5. The normalized spacial score (nSPS) is 18.9. The molecule has 2 N–H and O–H groups in total. The summed E-state index contributed by atoms with van der Waals surface area (Å²) in [5.74, 6) is 4.47. The highest BCUT2D eigenvalue weighted by Crippen LogP contribution is 2.31. The third kappa shape index (κ3) is 4.18. The van der Waals surface area contributed by atoms with Gasteiger partial charge >= 0.3 is 6.09 Å². The zero-order valence-corrected chi connectivity index (χ0v) is 16.5. The molecule has 1 heterocycles. The van der Waals surface area contributed by atoms with Crippen molar-refractivity contribution in [3.63, 3.8) is 0 Å². The lowest BCUT2D eigenvalue weighted by molar-refractivity contribution is -0.132. The van der Waals surface area contributed by atoms with Crippen molar-refractivity contribution in [2.24, 2.45) is 0 Å². The minimum absolute atomic E-state index is 0.0256. The summed E-state index contributed by atoms with van der Waals surface area (Å²) in [6.45, 7) is 2.87. The van der Waals surface area contributed by atoms with Gasteiger partial charge in [0.15, 0.2) is 14.6 Å². The summed E-state index contributed by atoms with van der Waals surface area (Å²) in [7, 11) is -3.90. The lowest BCUT2D eigenvalue weighted by Crippen LogP contribution is -2.51. The number of anilines is 1. The molecule has 0 aromatic heterocycles. The monoisotopic (exact) mass is 414 g/mol. The molecule has 1 aromatic rings. The van der Waals surface area contributed by atoms with Crippen molar-refractivity contribution in [2.45, 2.75) is 31.1 Å². The standard InChI is InChI=1S/C17H19ClN2O6S/c1-4-5-11-6-7-12(8-14(11)18)20-10-13(26-16(20)22)9-17(2,15(21)19-23)27(3,24)25/h6-8,13,23H,9-10H2,1-3H3,(H,19,21)/t13-,17+/m0/s1. The van der Waals surface area contributed by atoms with Crippen molar-refractivity contribution in [3.05, 3.63) is 28.8 Å². The highest BCUT2D eigenvalue weighted by Gasteiger charge is 2.48. The lowest BCUT2D eigenvalue weighted by atomic mass is 10.0. The Bertz CT molecular complexity index is 936. The van der Waals surface area contributed by atoms with Crippen molar-refractivity contribution >= 4 is 39.1 Å². The first-order valence-electron chi connectivity index (χ1n) is 7.88. The van der Waals surface area contributed by atoms with Gasteiger partial charge in [0.2, 0.25) is 0 Å². The summed E-state index contributed by atoms with van der Waals surface area (Å²) < 4.78 is 27.4. The summed E-state index contributed by atoms with van der Waals surface area (Å²) in [4.78, 5) is 25.4. The average molecular weight is 415 g/mol. The quantitative estimate of drug-likeness (QED) is 0.431. The van der Waals surface area contributed by atoms with Crippen LogP contribution in [0.3, 0.4) is 0 Å². The molecule has 0 saturated carbocycles. The molecule has 0 unspecified atom stereocenters. The van der Waals surface area contributed by atoms with Crippen LogP contribution in [0.5, 0.6) is 0 Å².